The average molecular weight is 439 g/mol. The van der Waals surface area contributed by atoms with Crippen molar-refractivity contribution in [3.63, 3.8) is 0 Å². The number of aromatic nitrogens is 2. The number of hydrogen-bond donors (Lipinski definition) is 1. The van der Waals surface area contributed by atoms with Crippen LogP contribution in [-0.2, 0) is 6.54 Å². The molecule has 2 N–H and O–H groups in total. The molecule has 6 heteroatoms. The van der Waals surface area contributed by atoms with Crippen LogP contribution in [0.2, 0.25) is 0 Å². The first kappa shape index (κ1) is 22.0. The second kappa shape index (κ2) is 9.12. The minimum absolute atomic E-state index is 0.198. The van der Waals surface area contributed by atoms with Gasteiger partial charge in [0, 0.05) is 42.0 Å². The third-order valence-electron chi connectivity index (χ3n) is 5.74. The Kier molecular flexibility index (Phi) is 6.09. The van der Waals surface area contributed by atoms with Gasteiger partial charge >= 0.3 is 0 Å². The Morgan fingerprint density at radius 1 is 0.909 bits per heavy atom. The number of hydrogen-bond acceptors (Lipinski definition) is 3. The normalized spacial score (nSPS) is 10.8. The molecule has 0 saturated carbocycles. The molecule has 0 fully saturated rings. The van der Waals surface area contributed by atoms with E-state index in [1.165, 1.54) is 17.2 Å². The Bertz CT molecular complexity index is 1330. The van der Waals surface area contributed by atoms with E-state index in [2.05, 4.69) is 32.0 Å². The summed E-state index contributed by atoms with van der Waals surface area (Å²) >= 11 is 0. The summed E-state index contributed by atoms with van der Waals surface area (Å²) < 4.78 is 1.84. The van der Waals surface area contributed by atoms with E-state index in [0.29, 0.717) is 17.7 Å². The number of aryl methyl sites for hydroxylation is 2. The number of primary amides is 1. The molecule has 166 valence electrons. The molecule has 6 nitrogen and oxygen atoms in total. The Morgan fingerprint density at radius 2 is 1.64 bits per heavy atom. The fraction of sp³-hybridized carbons (Fsp3) is 0.148. The highest BCUT2D eigenvalue weighted by molar-refractivity contribution is 5.99. The zero-order valence-electron chi connectivity index (χ0n) is 18.9. The lowest BCUT2D eigenvalue weighted by molar-refractivity contribution is 0.0785. The summed E-state index contributed by atoms with van der Waals surface area (Å²) in [4.78, 5) is 26.2. The van der Waals surface area contributed by atoms with Gasteiger partial charge in [0.15, 0.2) is 0 Å². The molecule has 0 atom stereocenters. The van der Waals surface area contributed by atoms with E-state index >= 15 is 0 Å². The van der Waals surface area contributed by atoms with Crippen molar-refractivity contribution in [3.05, 3.63) is 107 Å². The summed E-state index contributed by atoms with van der Waals surface area (Å²) in [5.74, 6) is -0.759. The standard InChI is InChI=1S/C27H26N4O2/c1-18-12-13-20(14-19(18)2)25-23(17-31(29-25)24-10-5-4-6-11-24)16-30(3)27(33)22-9-7-8-21(15-22)26(28)32/h4-15,17H,16H2,1-3H3,(H2,28,32). The van der Waals surface area contributed by atoms with Gasteiger partial charge in [0.05, 0.1) is 11.4 Å². The van der Waals surface area contributed by atoms with Crippen molar-refractivity contribution in [1.29, 1.82) is 0 Å². The van der Waals surface area contributed by atoms with Crippen molar-refractivity contribution >= 4 is 11.8 Å². The third kappa shape index (κ3) is 4.70. The lowest BCUT2D eigenvalue weighted by atomic mass is 10.0. The summed E-state index contributed by atoms with van der Waals surface area (Å²) in [5, 5.41) is 4.86. The smallest absolute Gasteiger partial charge is 0.253 e. The van der Waals surface area contributed by atoms with Crippen molar-refractivity contribution in [2.45, 2.75) is 20.4 Å². The van der Waals surface area contributed by atoms with Crippen LogP contribution in [0.5, 0.6) is 0 Å². The van der Waals surface area contributed by atoms with Gasteiger partial charge in [-0.05, 0) is 61.4 Å². The average Bonchev–Trinajstić information content (AvgIpc) is 3.24. The largest absolute Gasteiger partial charge is 0.366 e. The summed E-state index contributed by atoms with van der Waals surface area (Å²) in [6, 6.07) is 22.6. The van der Waals surface area contributed by atoms with Crippen LogP contribution in [0.3, 0.4) is 0 Å². The second-order valence-corrected chi connectivity index (χ2v) is 8.19. The summed E-state index contributed by atoms with van der Waals surface area (Å²) in [6.45, 7) is 4.51. The predicted molar refractivity (Wildman–Crippen MR) is 129 cm³/mol. The van der Waals surface area contributed by atoms with E-state index in [-0.39, 0.29) is 5.91 Å². The number of benzene rings is 3. The predicted octanol–water partition coefficient (Wildman–Crippen LogP) is 4.53. The molecular weight excluding hydrogens is 412 g/mol. The highest BCUT2D eigenvalue weighted by atomic mass is 16.2. The van der Waals surface area contributed by atoms with E-state index in [9.17, 15) is 9.59 Å². The van der Waals surface area contributed by atoms with E-state index in [1.54, 1.807) is 30.1 Å². The van der Waals surface area contributed by atoms with Crippen molar-refractivity contribution < 1.29 is 9.59 Å². The number of carbonyl (C=O) groups is 2. The Morgan fingerprint density at radius 3 is 2.33 bits per heavy atom. The molecule has 2 amide bonds. The molecule has 0 saturated heterocycles. The zero-order chi connectivity index (χ0) is 23.5. The van der Waals surface area contributed by atoms with Gasteiger partial charge in [-0.3, -0.25) is 9.59 Å². The number of amides is 2. The monoisotopic (exact) mass is 438 g/mol. The maximum Gasteiger partial charge on any atom is 0.253 e. The van der Waals surface area contributed by atoms with E-state index in [1.807, 2.05) is 41.2 Å². The van der Waals surface area contributed by atoms with Gasteiger partial charge in [-0.15, -0.1) is 0 Å². The van der Waals surface area contributed by atoms with Crippen LogP contribution < -0.4 is 5.73 Å². The van der Waals surface area contributed by atoms with Crippen molar-refractivity contribution in [2.24, 2.45) is 5.73 Å². The van der Waals surface area contributed by atoms with E-state index in [4.69, 9.17) is 10.8 Å². The number of carbonyl (C=O) groups excluding carboxylic acids is 2. The SMILES string of the molecule is Cc1ccc(-c2nn(-c3ccccc3)cc2CN(C)C(=O)c2cccc(C(N)=O)c2)cc1C. The first-order chi connectivity index (χ1) is 15.8. The van der Waals surface area contributed by atoms with Crippen molar-refractivity contribution in [3.8, 4) is 16.9 Å². The van der Waals surface area contributed by atoms with Gasteiger partial charge in [-0.1, -0.05) is 36.4 Å². The summed E-state index contributed by atoms with van der Waals surface area (Å²) in [7, 11) is 1.74. The zero-order valence-corrected chi connectivity index (χ0v) is 18.9. The van der Waals surface area contributed by atoms with E-state index in [0.717, 1.165) is 22.5 Å². The summed E-state index contributed by atoms with van der Waals surface area (Å²) in [5.41, 5.74) is 12.2. The molecule has 0 bridgehead atoms. The second-order valence-electron chi connectivity index (χ2n) is 8.19. The van der Waals surface area contributed by atoms with Crippen LogP contribution >= 0.6 is 0 Å². The van der Waals surface area contributed by atoms with Crippen molar-refractivity contribution in [2.75, 3.05) is 7.05 Å². The molecule has 0 aliphatic rings. The fourth-order valence-corrected chi connectivity index (χ4v) is 3.72. The highest BCUT2D eigenvalue weighted by Crippen LogP contribution is 2.27. The van der Waals surface area contributed by atoms with Gasteiger partial charge in [0.1, 0.15) is 0 Å². The number of nitrogens with two attached hydrogens (primary N) is 1. The Balaban J connectivity index is 1.70. The van der Waals surface area contributed by atoms with Crippen LogP contribution in [0.4, 0.5) is 0 Å². The van der Waals surface area contributed by atoms with Gasteiger partial charge in [-0.25, -0.2) is 4.68 Å². The fourth-order valence-electron chi connectivity index (χ4n) is 3.72. The molecular formula is C27H26N4O2. The molecule has 1 heterocycles. The molecule has 3 aromatic carbocycles. The first-order valence-electron chi connectivity index (χ1n) is 10.7. The lowest BCUT2D eigenvalue weighted by Gasteiger charge is -2.17. The minimum Gasteiger partial charge on any atom is -0.366 e. The molecule has 4 rings (SSSR count). The molecule has 0 aliphatic heterocycles. The quantitative estimate of drug-likeness (QED) is 0.480. The molecule has 0 unspecified atom stereocenters. The molecule has 4 aromatic rings. The molecule has 0 radical (unpaired) electrons. The van der Waals surface area contributed by atoms with Gasteiger partial charge in [0.2, 0.25) is 5.91 Å². The topological polar surface area (TPSA) is 81.2 Å². The van der Waals surface area contributed by atoms with Gasteiger partial charge in [0.25, 0.3) is 5.91 Å². The molecule has 1 aromatic heterocycles. The Hall–Kier alpha value is -4.19. The van der Waals surface area contributed by atoms with Gasteiger partial charge < -0.3 is 10.6 Å². The number of rotatable bonds is 6. The maximum atomic E-state index is 13.1. The Labute approximate surface area is 193 Å². The summed E-state index contributed by atoms with van der Waals surface area (Å²) in [6.07, 6.45) is 1.96. The molecule has 33 heavy (non-hydrogen) atoms. The highest BCUT2D eigenvalue weighted by Gasteiger charge is 2.19. The lowest BCUT2D eigenvalue weighted by Crippen LogP contribution is -2.26. The number of nitrogens with zero attached hydrogens (tertiary/aromatic N) is 3. The van der Waals surface area contributed by atoms with Crippen LogP contribution in [0.1, 0.15) is 37.4 Å². The van der Waals surface area contributed by atoms with Crippen LogP contribution in [0.15, 0.2) is 79.0 Å². The van der Waals surface area contributed by atoms with Crippen LogP contribution in [0, 0.1) is 13.8 Å². The number of para-hydroxylation sites is 1. The first-order valence-corrected chi connectivity index (χ1v) is 10.7. The molecule has 0 aliphatic carbocycles. The van der Waals surface area contributed by atoms with Crippen molar-refractivity contribution in [1.82, 2.24) is 14.7 Å². The van der Waals surface area contributed by atoms with Crippen LogP contribution in [-0.4, -0.2) is 33.5 Å². The molecule has 0 spiro atoms. The van der Waals surface area contributed by atoms with E-state index < -0.39 is 5.91 Å². The maximum absolute atomic E-state index is 13.1. The van der Waals surface area contributed by atoms with Crippen LogP contribution in [0.25, 0.3) is 16.9 Å². The minimum atomic E-state index is -0.562. The third-order valence-corrected chi connectivity index (χ3v) is 5.74. The van der Waals surface area contributed by atoms with Gasteiger partial charge in [-0.2, -0.15) is 5.10 Å².